The van der Waals surface area contributed by atoms with Crippen LogP contribution < -0.4 is 10.6 Å². The van der Waals surface area contributed by atoms with Gasteiger partial charge in [0.1, 0.15) is 11.8 Å². The maximum absolute atomic E-state index is 12.9. The second-order valence-corrected chi connectivity index (χ2v) is 5.33. The smallest absolute Gasteiger partial charge is 0.449 e. The predicted octanol–water partition coefficient (Wildman–Crippen LogP) is 1.83. The van der Waals surface area contributed by atoms with Crippen LogP contribution in [0.3, 0.4) is 0 Å². The maximum atomic E-state index is 12.9. The van der Waals surface area contributed by atoms with E-state index in [0.29, 0.717) is 12.2 Å². The minimum atomic E-state index is -4.59. The van der Waals surface area contributed by atoms with Crippen molar-refractivity contribution in [2.24, 2.45) is 0 Å². The second-order valence-electron chi connectivity index (χ2n) is 5.33. The summed E-state index contributed by atoms with van der Waals surface area (Å²) in [5.41, 5.74) is 1.34. The van der Waals surface area contributed by atoms with Crippen LogP contribution in [-0.4, -0.2) is 22.4 Å². The van der Waals surface area contributed by atoms with Crippen molar-refractivity contribution >= 4 is 5.91 Å². The Labute approximate surface area is 129 Å². The van der Waals surface area contributed by atoms with Gasteiger partial charge >= 0.3 is 6.18 Å². The van der Waals surface area contributed by atoms with Gasteiger partial charge in [0.2, 0.25) is 11.7 Å². The zero-order chi connectivity index (χ0) is 16.6. The Morgan fingerprint density at radius 2 is 2.30 bits per heavy atom. The van der Waals surface area contributed by atoms with Crippen molar-refractivity contribution in [1.29, 1.82) is 0 Å². The largest absolute Gasteiger partial charge is 0.456 e. The van der Waals surface area contributed by atoms with Crippen molar-refractivity contribution in [3.05, 3.63) is 40.9 Å². The lowest BCUT2D eigenvalue weighted by atomic mass is 10.0. The quantitative estimate of drug-likeness (QED) is 0.803. The number of halogens is 3. The van der Waals surface area contributed by atoms with Gasteiger partial charge in [0.05, 0.1) is 12.0 Å². The van der Waals surface area contributed by atoms with Gasteiger partial charge in [-0.1, -0.05) is 0 Å². The molecule has 1 amide bonds. The average molecular weight is 328 g/mol. The maximum Gasteiger partial charge on any atom is 0.449 e. The van der Waals surface area contributed by atoms with E-state index >= 15 is 0 Å². The minimum absolute atomic E-state index is 0.0959. The number of nitrogens with zero attached hydrogens (tertiary/aromatic N) is 1. The van der Waals surface area contributed by atoms with Gasteiger partial charge in [-0.05, 0) is 13.0 Å². The fraction of sp³-hybridized carbons (Fsp3) is 0.429. The van der Waals surface area contributed by atoms with Gasteiger partial charge in [0.25, 0.3) is 0 Å². The third-order valence-electron chi connectivity index (χ3n) is 3.65. The Kier molecular flexibility index (Phi) is 3.88. The summed E-state index contributed by atoms with van der Waals surface area (Å²) < 4.78 is 43.3. The number of fused-ring (bicyclic) bond motifs is 1. The number of amides is 1. The van der Waals surface area contributed by atoms with Crippen molar-refractivity contribution in [3.63, 3.8) is 0 Å². The highest BCUT2D eigenvalue weighted by atomic mass is 19.4. The molecule has 2 aromatic heterocycles. The summed E-state index contributed by atoms with van der Waals surface area (Å²) in [7, 11) is 0. The highest BCUT2D eigenvalue weighted by Crippen LogP contribution is 2.34. The van der Waals surface area contributed by atoms with E-state index in [1.54, 1.807) is 0 Å². The number of carbonyl (C=O) groups is 1. The van der Waals surface area contributed by atoms with Crippen molar-refractivity contribution in [1.82, 2.24) is 20.6 Å². The van der Waals surface area contributed by atoms with Crippen LogP contribution in [0.5, 0.6) is 0 Å². The summed E-state index contributed by atoms with van der Waals surface area (Å²) in [5.74, 6) is -1.36. The van der Waals surface area contributed by atoms with Gasteiger partial charge in [0.15, 0.2) is 0 Å². The Hall–Kier alpha value is -2.29. The number of aromatic amines is 1. The number of aromatic nitrogens is 2. The van der Waals surface area contributed by atoms with E-state index in [2.05, 4.69) is 20.6 Å². The summed E-state index contributed by atoms with van der Waals surface area (Å²) in [6.07, 6.45) is -2.37. The molecule has 0 spiro atoms. The van der Waals surface area contributed by atoms with Crippen LogP contribution in [0.1, 0.15) is 34.5 Å². The van der Waals surface area contributed by atoms with E-state index in [9.17, 15) is 18.0 Å². The van der Waals surface area contributed by atoms with Crippen molar-refractivity contribution in [2.45, 2.75) is 32.1 Å². The number of carbonyl (C=O) groups excluding carboxylic acids is 1. The van der Waals surface area contributed by atoms with E-state index in [-0.39, 0.29) is 17.9 Å². The van der Waals surface area contributed by atoms with E-state index in [1.807, 2.05) is 0 Å². The SMILES string of the molecule is Cc1cc(CNC(=O)[C@H]2NCCc3[nH]cnc32)c(C(F)(F)F)o1. The molecule has 0 fully saturated rings. The van der Waals surface area contributed by atoms with Gasteiger partial charge < -0.3 is 20.0 Å². The molecule has 9 heteroatoms. The Morgan fingerprint density at radius 3 is 3.04 bits per heavy atom. The zero-order valence-electron chi connectivity index (χ0n) is 12.3. The molecule has 0 saturated heterocycles. The topological polar surface area (TPSA) is 83.0 Å². The number of aryl methyl sites for hydroxylation is 1. The van der Waals surface area contributed by atoms with Gasteiger partial charge in [0, 0.05) is 30.8 Å². The van der Waals surface area contributed by atoms with Gasteiger partial charge in [-0.25, -0.2) is 4.98 Å². The summed E-state index contributed by atoms with van der Waals surface area (Å²) in [6, 6.07) is 0.601. The molecule has 3 heterocycles. The number of hydrogen-bond donors (Lipinski definition) is 3. The number of H-pyrrole nitrogens is 1. The van der Waals surface area contributed by atoms with Crippen LogP contribution in [0.4, 0.5) is 13.2 Å². The zero-order valence-corrected chi connectivity index (χ0v) is 12.3. The molecule has 0 bridgehead atoms. The first-order valence-corrected chi connectivity index (χ1v) is 7.06. The third kappa shape index (κ3) is 3.09. The van der Waals surface area contributed by atoms with Crippen LogP contribution in [-0.2, 0) is 23.9 Å². The van der Waals surface area contributed by atoms with Crippen molar-refractivity contribution in [3.8, 4) is 0 Å². The molecule has 1 atom stereocenters. The number of rotatable bonds is 3. The van der Waals surface area contributed by atoms with Gasteiger partial charge in [-0.3, -0.25) is 4.79 Å². The van der Waals surface area contributed by atoms with Crippen LogP contribution in [0.2, 0.25) is 0 Å². The summed E-state index contributed by atoms with van der Waals surface area (Å²) in [6.45, 7) is 1.76. The first-order chi connectivity index (χ1) is 10.9. The van der Waals surface area contributed by atoms with E-state index < -0.39 is 23.9 Å². The van der Waals surface area contributed by atoms with Crippen LogP contribution >= 0.6 is 0 Å². The fourth-order valence-electron chi connectivity index (χ4n) is 2.66. The van der Waals surface area contributed by atoms with Crippen molar-refractivity contribution in [2.75, 3.05) is 6.54 Å². The molecule has 0 aliphatic carbocycles. The lowest BCUT2D eigenvalue weighted by molar-refractivity contribution is -0.154. The molecule has 3 N–H and O–H groups in total. The summed E-state index contributed by atoms with van der Waals surface area (Å²) in [5, 5.41) is 5.52. The minimum Gasteiger partial charge on any atom is -0.456 e. The average Bonchev–Trinajstić information content (AvgIpc) is 3.09. The second kappa shape index (κ2) is 5.73. The van der Waals surface area contributed by atoms with Gasteiger partial charge in [-0.2, -0.15) is 13.2 Å². The molecule has 1 aliphatic heterocycles. The fourth-order valence-corrected chi connectivity index (χ4v) is 2.66. The highest BCUT2D eigenvalue weighted by Gasteiger charge is 2.38. The first kappa shape index (κ1) is 15.6. The monoisotopic (exact) mass is 328 g/mol. The third-order valence-corrected chi connectivity index (χ3v) is 3.65. The molecule has 0 aromatic carbocycles. The number of hydrogen-bond acceptors (Lipinski definition) is 4. The molecule has 0 radical (unpaired) electrons. The van der Waals surface area contributed by atoms with Gasteiger partial charge in [-0.15, -0.1) is 0 Å². The normalized spacial score (nSPS) is 17.8. The molecule has 0 saturated carbocycles. The molecule has 0 unspecified atom stereocenters. The Morgan fingerprint density at radius 1 is 1.52 bits per heavy atom. The Balaban J connectivity index is 1.72. The first-order valence-electron chi connectivity index (χ1n) is 7.06. The standard InChI is InChI=1S/C14H15F3N4O2/c1-7-4-8(12(23-7)14(15,16)17)5-19-13(22)11-10-9(2-3-18-11)20-6-21-10/h4,6,11,18H,2-3,5H2,1H3,(H,19,22)(H,20,21)/t11-/m0/s1. The molecular weight excluding hydrogens is 313 g/mol. The number of nitrogens with one attached hydrogen (secondary N) is 3. The molecule has 6 nitrogen and oxygen atoms in total. The molecule has 2 aromatic rings. The number of alkyl halides is 3. The number of furan rings is 1. The summed E-state index contributed by atoms with van der Waals surface area (Å²) >= 11 is 0. The summed E-state index contributed by atoms with van der Waals surface area (Å²) in [4.78, 5) is 19.3. The van der Waals surface area contributed by atoms with Crippen LogP contribution in [0.15, 0.2) is 16.8 Å². The van der Waals surface area contributed by atoms with E-state index in [4.69, 9.17) is 4.42 Å². The molecule has 23 heavy (non-hydrogen) atoms. The van der Waals surface area contributed by atoms with Crippen LogP contribution in [0, 0.1) is 6.92 Å². The molecular formula is C14H15F3N4O2. The number of imidazole rings is 1. The Bertz CT molecular complexity index is 720. The van der Waals surface area contributed by atoms with Crippen molar-refractivity contribution < 1.29 is 22.4 Å². The van der Waals surface area contributed by atoms with E-state index in [1.165, 1.54) is 19.3 Å². The highest BCUT2D eigenvalue weighted by molar-refractivity contribution is 5.83. The lowest BCUT2D eigenvalue weighted by Crippen LogP contribution is -2.41. The molecule has 1 aliphatic rings. The van der Waals surface area contributed by atoms with E-state index in [0.717, 1.165) is 12.1 Å². The lowest BCUT2D eigenvalue weighted by Gasteiger charge is -2.22. The predicted molar refractivity (Wildman–Crippen MR) is 73.3 cm³/mol. The van der Waals surface area contributed by atoms with Crippen LogP contribution in [0.25, 0.3) is 0 Å². The molecule has 3 rings (SSSR count). The molecule has 124 valence electrons.